The molecule has 0 unspecified atom stereocenters. The SMILES string of the molecule is COc1ccc([C@H]2CCCN2CC(=O)Nc2cccc(S(=O)(=O)N3CCCC3)c2)c(OC)c1. The van der Waals surface area contributed by atoms with E-state index >= 15 is 0 Å². The van der Waals surface area contributed by atoms with Gasteiger partial charge in [-0.1, -0.05) is 12.1 Å². The predicted octanol–water partition coefficient (Wildman–Crippen LogP) is 3.26. The molecule has 2 aliphatic heterocycles. The number of nitrogens with zero attached hydrogens (tertiary/aromatic N) is 2. The molecule has 178 valence electrons. The van der Waals surface area contributed by atoms with E-state index in [-0.39, 0.29) is 23.4 Å². The minimum atomic E-state index is -3.53. The molecule has 1 amide bonds. The first-order valence-corrected chi connectivity index (χ1v) is 12.7. The van der Waals surface area contributed by atoms with Crippen molar-refractivity contribution < 1.29 is 22.7 Å². The molecule has 0 aromatic heterocycles. The third-order valence-corrected chi connectivity index (χ3v) is 8.23. The smallest absolute Gasteiger partial charge is 0.243 e. The molecule has 9 heteroatoms. The number of sulfonamides is 1. The molecule has 2 aromatic carbocycles. The zero-order valence-electron chi connectivity index (χ0n) is 19.1. The Balaban J connectivity index is 1.45. The lowest BCUT2D eigenvalue weighted by Crippen LogP contribution is -2.33. The van der Waals surface area contributed by atoms with Gasteiger partial charge in [-0.15, -0.1) is 0 Å². The summed E-state index contributed by atoms with van der Waals surface area (Å²) < 4.78 is 38.1. The topological polar surface area (TPSA) is 88.2 Å². The number of carbonyl (C=O) groups is 1. The molecule has 4 rings (SSSR count). The van der Waals surface area contributed by atoms with Crippen molar-refractivity contribution >= 4 is 21.6 Å². The van der Waals surface area contributed by atoms with E-state index in [1.54, 1.807) is 38.5 Å². The fourth-order valence-corrected chi connectivity index (χ4v) is 6.22. The zero-order chi connectivity index (χ0) is 23.4. The van der Waals surface area contributed by atoms with Crippen molar-refractivity contribution in [3.05, 3.63) is 48.0 Å². The number of benzene rings is 2. The standard InChI is InChI=1S/C24H31N3O5S/c1-31-19-10-11-21(23(16-19)32-2)22-9-6-12-26(22)17-24(28)25-18-7-5-8-20(15-18)33(29,30)27-13-3-4-14-27/h5,7-8,10-11,15-16,22H,3-4,6,9,12-14,17H2,1-2H3,(H,25,28)/t22-/m1/s1. The highest BCUT2D eigenvalue weighted by molar-refractivity contribution is 7.89. The molecule has 0 bridgehead atoms. The average molecular weight is 474 g/mol. The van der Waals surface area contributed by atoms with E-state index in [0.717, 1.165) is 49.3 Å². The van der Waals surface area contributed by atoms with E-state index < -0.39 is 10.0 Å². The Hall–Kier alpha value is -2.62. The van der Waals surface area contributed by atoms with Gasteiger partial charge < -0.3 is 14.8 Å². The summed E-state index contributed by atoms with van der Waals surface area (Å²) in [6, 6.07) is 12.3. The third-order valence-electron chi connectivity index (χ3n) is 6.33. The lowest BCUT2D eigenvalue weighted by molar-refractivity contribution is -0.117. The quantitative estimate of drug-likeness (QED) is 0.633. The molecule has 2 saturated heterocycles. The van der Waals surface area contributed by atoms with Crippen molar-refractivity contribution in [1.29, 1.82) is 0 Å². The number of ether oxygens (including phenoxy) is 2. The van der Waals surface area contributed by atoms with E-state index in [9.17, 15) is 13.2 Å². The molecular formula is C24H31N3O5S. The molecule has 0 spiro atoms. The van der Waals surface area contributed by atoms with Crippen LogP contribution in [0, 0.1) is 0 Å². The summed E-state index contributed by atoms with van der Waals surface area (Å²) >= 11 is 0. The number of methoxy groups -OCH3 is 2. The molecule has 0 saturated carbocycles. The Morgan fingerprint density at radius 3 is 2.55 bits per heavy atom. The highest BCUT2D eigenvalue weighted by Crippen LogP contribution is 2.38. The van der Waals surface area contributed by atoms with Crippen molar-refractivity contribution in [2.24, 2.45) is 0 Å². The maximum atomic E-state index is 12.9. The normalized spacial score (nSPS) is 19.5. The number of nitrogens with one attached hydrogen (secondary N) is 1. The van der Waals surface area contributed by atoms with Gasteiger partial charge in [-0.05, 0) is 56.5 Å². The Morgan fingerprint density at radius 1 is 1.03 bits per heavy atom. The molecule has 33 heavy (non-hydrogen) atoms. The van der Waals surface area contributed by atoms with E-state index in [1.165, 1.54) is 4.31 Å². The summed E-state index contributed by atoms with van der Waals surface area (Å²) in [7, 11) is -0.281. The number of rotatable bonds is 8. The zero-order valence-corrected chi connectivity index (χ0v) is 19.9. The van der Waals surface area contributed by atoms with Crippen molar-refractivity contribution in [2.45, 2.75) is 36.6 Å². The van der Waals surface area contributed by atoms with Crippen LogP contribution in [0.2, 0.25) is 0 Å². The summed E-state index contributed by atoms with van der Waals surface area (Å²) in [5.74, 6) is 1.29. The van der Waals surface area contributed by atoms with Gasteiger partial charge >= 0.3 is 0 Å². The van der Waals surface area contributed by atoms with E-state index in [4.69, 9.17) is 9.47 Å². The van der Waals surface area contributed by atoms with Crippen LogP contribution in [0.15, 0.2) is 47.4 Å². The maximum absolute atomic E-state index is 12.9. The van der Waals surface area contributed by atoms with Crippen LogP contribution >= 0.6 is 0 Å². The molecule has 1 N–H and O–H groups in total. The highest BCUT2D eigenvalue weighted by atomic mass is 32.2. The summed E-state index contributed by atoms with van der Waals surface area (Å²) in [5, 5.41) is 2.88. The van der Waals surface area contributed by atoms with Crippen LogP contribution < -0.4 is 14.8 Å². The van der Waals surface area contributed by atoms with Gasteiger partial charge in [0.05, 0.1) is 25.7 Å². The predicted molar refractivity (Wildman–Crippen MR) is 126 cm³/mol. The lowest BCUT2D eigenvalue weighted by Gasteiger charge is -2.26. The molecule has 0 radical (unpaired) electrons. The summed E-state index contributed by atoms with van der Waals surface area (Å²) in [6.45, 7) is 2.10. The highest BCUT2D eigenvalue weighted by Gasteiger charge is 2.30. The second-order valence-electron chi connectivity index (χ2n) is 8.42. The fourth-order valence-electron chi connectivity index (χ4n) is 4.66. The van der Waals surface area contributed by atoms with Crippen LogP contribution in [0.4, 0.5) is 5.69 Å². The van der Waals surface area contributed by atoms with Crippen molar-refractivity contribution in [3.8, 4) is 11.5 Å². The number of hydrogen-bond acceptors (Lipinski definition) is 6. The molecule has 2 aliphatic rings. The molecule has 0 aliphatic carbocycles. The van der Waals surface area contributed by atoms with Crippen LogP contribution in [0.5, 0.6) is 11.5 Å². The molecule has 8 nitrogen and oxygen atoms in total. The maximum Gasteiger partial charge on any atom is 0.243 e. The number of amides is 1. The molecule has 2 fully saturated rings. The van der Waals surface area contributed by atoms with Gasteiger partial charge in [0, 0.05) is 36.4 Å². The van der Waals surface area contributed by atoms with Gasteiger partial charge in [0.1, 0.15) is 11.5 Å². The Morgan fingerprint density at radius 2 is 1.82 bits per heavy atom. The summed E-state index contributed by atoms with van der Waals surface area (Å²) in [6.07, 6.45) is 3.67. The summed E-state index contributed by atoms with van der Waals surface area (Å²) in [4.78, 5) is 15.2. The van der Waals surface area contributed by atoms with E-state index in [1.807, 2.05) is 18.2 Å². The van der Waals surface area contributed by atoms with Gasteiger partial charge in [-0.3, -0.25) is 9.69 Å². The molecule has 1 atom stereocenters. The van der Waals surface area contributed by atoms with E-state index in [0.29, 0.717) is 18.8 Å². The van der Waals surface area contributed by atoms with Crippen molar-refractivity contribution in [2.75, 3.05) is 45.7 Å². The van der Waals surface area contributed by atoms with Crippen molar-refractivity contribution in [1.82, 2.24) is 9.21 Å². The van der Waals surface area contributed by atoms with Crippen molar-refractivity contribution in [3.63, 3.8) is 0 Å². The monoisotopic (exact) mass is 473 g/mol. The van der Waals surface area contributed by atoms with Crippen LogP contribution in [-0.2, 0) is 14.8 Å². The average Bonchev–Trinajstić information content (AvgIpc) is 3.51. The summed E-state index contributed by atoms with van der Waals surface area (Å²) in [5.41, 5.74) is 1.51. The second-order valence-corrected chi connectivity index (χ2v) is 10.4. The molecule has 2 aromatic rings. The minimum Gasteiger partial charge on any atom is -0.497 e. The Bertz CT molecular complexity index is 1100. The first-order chi connectivity index (χ1) is 15.9. The van der Waals surface area contributed by atoms with Crippen LogP contribution in [0.1, 0.15) is 37.3 Å². The first-order valence-electron chi connectivity index (χ1n) is 11.3. The van der Waals surface area contributed by atoms with Gasteiger partial charge in [0.2, 0.25) is 15.9 Å². The molecular weight excluding hydrogens is 442 g/mol. The number of carbonyl (C=O) groups excluding carboxylic acids is 1. The van der Waals surface area contributed by atoms with Gasteiger partial charge in [0.15, 0.2) is 0 Å². The number of hydrogen-bond donors (Lipinski definition) is 1. The second kappa shape index (κ2) is 10.1. The number of likely N-dealkylation sites (tertiary alicyclic amines) is 1. The van der Waals surface area contributed by atoms with Gasteiger partial charge in [-0.2, -0.15) is 4.31 Å². The minimum absolute atomic E-state index is 0.0680. The third kappa shape index (κ3) is 5.15. The van der Waals surface area contributed by atoms with Crippen LogP contribution in [0.25, 0.3) is 0 Å². The van der Waals surface area contributed by atoms with E-state index in [2.05, 4.69) is 10.2 Å². The fraction of sp³-hybridized carbons (Fsp3) is 0.458. The Kier molecular flexibility index (Phi) is 7.21. The Labute approximate surface area is 195 Å². The lowest BCUT2D eigenvalue weighted by atomic mass is 10.0. The van der Waals surface area contributed by atoms with Gasteiger partial charge in [0.25, 0.3) is 0 Å². The number of anilines is 1. The largest absolute Gasteiger partial charge is 0.497 e. The first kappa shape index (κ1) is 23.5. The van der Waals surface area contributed by atoms with Gasteiger partial charge in [-0.25, -0.2) is 8.42 Å². The molecule has 2 heterocycles. The van der Waals surface area contributed by atoms with Crippen LogP contribution in [-0.4, -0.2) is 63.9 Å². The van der Waals surface area contributed by atoms with Crippen LogP contribution in [0.3, 0.4) is 0 Å².